The number of rotatable bonds is 4. The molecule has 2 aliphatic rings. The van der Waals surface area contributed by atoms with Crippen LogP contribution < -0.4 is 11.1 Å². The standard InChI is InChI=1S/C11H14N4O5.C10H14N2O5S/c1-14-3-13-9-6(10(14)19)12-4-15(9)11-8(18)7(17)5(2-16)20-11;1-4-2-12(10(18)11-8(4)16)9-7(15)6(14)5(3-13)17-9/h3-5,7-8,11,16-18H,2H2,1H3;2,5-7,9,13-15H,3H2,1H3,(H,11,16,18)/t5-,7-,8-,11-;5-,6-,7-,9-/m11/s1. The average molecular weight is 557 g/mol. The summed E-state index contributed by atoms with van der Waals surface area (Å²) < 4.78 is 14.8. The molecule has 38 heavy (non-hydrogen) atoms. The molecule has 0 amide bonds. The van der Waals surface area contributed by atoms with Crippen molar-refractivity contribution >= 4 is 23.4 Å². The second-order valence-electron chi connectivity index (χ2n) is 8.92. The Morgan fingerprint density at radius 2 is 1.47 bits per heavy atom. The van der Waals surface area contributed by atoms with Gasteiger partial charge in [0.05, 0.1) is 25.9 Å². The summed E-state index contributed by atoms with van der Waals surface area (Å²) in [6.45, 7) is 0.756. The van der Waals surface area contributed by atoms with Crippen molar-refractivity contribution in [2.45, 2.75) is 56.0 Å². The van der Waals surface area contributed by atoms with Gasteiger partial charge in [-0.1, -0.05) is 0 Å². The van der Waals surface area contributed by atoms with Crippen molar-refractivity contribution in [3.63, 3.8) is 0 Å². The maximum absolute atomic E-state index is 11.9. The predicted octanol–water partition coefficient (Wildman–Crippen LogP) is -3.43. The van der Waals surface area contributed by atoms with Gasteiger partial charge >= 0.3 is 0 Å². The smallest absolute Gasteiger partial charge is 0.281 e. The number of hydrogen-bond acceptors (Lipinski definition) is 13. The number of aromatic amines is 1. The number of aliphatic hydroxyl groups excluding tert-OH is 6. The van der Waals surface area contributed by atoms with E-state index in [-0.39, 0.29) is 27.1 Å². The van der Waals surface area contributed by atoms with E-state index in [0.717, 1.165) is 0 Å². The molecule has 16 nitrogen and oxygen atoms in total. The third kappa shape index (κ3) is 4.95. The second-order valence-corrected chi connectivity index (χ2v) is 9.31. The zero-order chi connectivity index (χ0) is 27.9. The lowest BCUT2D eigenvalue weighted by Gasteiger charge is -2.18. The summed E-state index contributed by atoms with van der Waals surface area (Å²) in [7, 11) is 1.56. The van der Waals surface area contributed by atoms with E-state index in [9.17, 15) is 30.0 Å². The minimum Gasteiger partial charge on any atom is -0.394 e. The fraction of sp³-hybridized carbons (Fsp3) is 0.571. The van der Waals surface area contributed by atoms with E-state index in [0.29, 0.717) is 5.56 Å². The van der Waals surface area contributed by atoms with Crippen LogP contribution in [0.25, 0.3) is 11.2 Å². The molecular weight excluding hydrogens is 528 g/mol. The van der Waals surface area contributed by atoms with Crippen LogP contribution in [0.15, 0.2) is 28.4 Å². The molecule has 3 aromatic rings. The summed E-state index contributed by atoms with van der Waals surface area (Å²) in [4.78, 5) is 33.7. The van der Waals surface area contributed by atoms with Crippen molar-refractivity contribution in [3.05, 3.63) is 49.9 Å². The van der Waals surface area contributed by atoms with E-state index >= 15 is 0 Å². The predicted molar refractivity (Wildman–Crippen MR) is 129 cm³/mol. The van der Waals surface area contributed by atoms with E-state index in [1.807, 2.05) is 0 Å². The molecule has 3 aromatic heterocycles. The molecule has 5 heterocycles. The van der Waals surface area contributed by atoms with Crippen LogP contribution >= 0.6 is 12.2 Å². The van der Waals surface area contributed by atoms with Gasteiger partial charge in [-0.15, -0.1) is 0 Å². The van der Waals surface area contributed by atoms with Crippen LogP contribution in [0.4, 0.5) is 0 Å². The lowest BCUT2D eigenvalue weighted by molar-refractivity contribution is -0.0542. The third-order valence-corrected chi connectivity index (χ3v) is 6.69. The van der Waals surface area contributed by atoms with E-state index in [1.165, 1.54) is 32.6 Å². The Morgan fingerprint density at radius 1 is 0.921 bits per heavy atom. The average Bonchev–Trinajstić information content (AvgIpc) is 3.54. The quantitative estimate of drug-likeness (QED) is 0.155. The molecule has 0 spiro atoms. The van der Waals surface area contributed by atoms with Crippen LogP contribution in [0.1, 0.15) is 18.0 Å². The number of H-pyrrole nitrogens is 1. The zero-order valence-electron chi connectivity index (χ0n) is 20.2. The largest absolute Gasteiger partial charge is 0.394 e. The first-order chi connectivity index (χ1) is 18.0. The maximum Gasteiger partial charge on any atom is 0.281 e. The highest BCUT2D eigenvalue weighted by Gasteiger charge is 2.44. The van der Waals surface area contributed by atoms with Gasteiger partial charge < -0.3 is 44.7 Å². The van der Waals surface area contributed by atoms with Crippen LogP contribution in [0.2, 0.25) is 0 Å². The summed E-state index contributed by atoms with van der Waals surface area (Å²) in [5.74, 6) is 0. The molecule has 0 bridgehead atoms. The fourth-order valence-corrected chi connectivity index (χ4v) is 4.42. The topological polar surface area (TPSA) is 230 Å². The lowest BCUT2D eigenvalue weighted by Crippen LogP contribution is -2.33. The highest BCUT2D eigenvalue weighted by atomic mass is 32.1. The summed E-state index contributed by atoms with van der Waals surface area (Å²) in [6, 6.07) is 0. The van der Waals surface area contributed by atoms with Gasteiger partial charge in [-0.25, -0.2) is 9.97 Å². The number of nitrogens with one attached hydrogen (secondary N) is 1. The van der Waals surface area contributed by atoms with Crippen molar-refractivity contribution in [2.24, 2.45) is 7.05 Å². The number of aromatic nitrogens is 6. The van der Waals surface area contributed by atoms with E-state index < -0.39 is 62.3 Å². The molecule has 2 saturated heterocycles. The molecule has 0 unspecified atom stereocenters. The van der Waals surface area contributed by atoms with E-state index in [4.69, 9.17) is 31.9 Å². The third-order valence-electron chi connectivity index (χ3n) is 6.37. The molecule has 208 valence electrons. The summed E-state index contributed by atoms with van der Waals surface area (Å²) >= 11 is 4.97. The number of nitrogens with zero attached hydrogens (tertiary/aromatic N) is 5. The van der Waals surface area contributed by atoms with Crippen molar-refractivity contribution in [2.75, 3.05) is 13.2 Å². The van der Waals surface area contributed by atoms with Gasteiger partial charge in [0.25, 0.3) is 11.1 Å². The first-order valence-corrected chi connectivity index (χ1v) is 11.9. The van der Waals surface area contributed by atoms with Gasteiger partial charge in [0, 0.05) is 18.8 Å². The molecule has 2 fully saturated rings. The van der Waals surface area contributed by atoms with Gasteiger partial charge in [-0.05, 0) is 19.1 Å². The number of fused-ring (bicyclic) bond motifs is 1. The Hall–Kier alpha value is -2.87. The van der Waals surface area contributed by atoms with Crippen LogP contribution in [0.5, 0.6) is 0 Å². The molecule has 0 aromatic carbocycles. The van der Waals surface area contributed by atoms with Crippen LogP contribution in [0, 0.1) is 11.7 Å². The van der Waals surface area contributed by atoms with Crippen molar-refractivity contribution < 1.29 is 40.1 Å². The lowest BCUT2D eigenvalue weighted by atomic mass is 10.1. The molecule has 0 radical (unpaired) electrons. The molecule has 7 N–H and O–H groups in total. The number of aryl methyl sites for hydroxylation is 2. The van der Waals surface area contributed by atoms with Gasteiger partial charge in [-0.3, -0.25) is 23.7 Å². The van der Waals surface area contributed by atoms with E-state index in [1.54, 1.807) is 14.0 Å². The molecule has 2 aliphatic heterocycles. The summed E-state index contributed by atoms with van der Waals surface area (Å²) in [6.07, 6.45) is -4.42. The summed E-state index contributed by atoms with van der Waals surface area (Å²) in [5, 5.41) is 57.3. The zero-order valence-corrected chi connectivity index (χ0v) is 21.0. The van der Waals surface area contributed by atoms with Crippen molar-refractivity contribution in [1.82, 2.24) is 28.7 Å². The normalized spacial score (nSPS) is 30.9. The molecule has 0 saturated carbocycles. The molecule has 17 heteroatoms. The Morgan fingerprint density at radius 3 is 2.00 bits per heavy atom. The monoisotopic (exact) mass is 556 g/mol. The summed E-state index contributed by atoms with van der Waals surface area (Å²) in [5.41, 5.74) is 0.167. The van der Waals surface area contributed by atoms with Gasteiger partial charge in [0.2, 0.25) is 0 Å². The first-order valence-electron chi connectivity index (χ1n) is 11.4. The molecule has 8 atom stereocenters. The molecular formula is C21H28N6O10S. The first kappa shape index (κ1) is 28.1. The Balaban J connectivity index is 0.000000178. The Bertz CT molecular complexity index is 1470. The van der Waals surface area contributed by atoms with Gasteiger partial charge in [0.15, 0.2) is 28.4 Å². The number of ether oxygens (including phenoxy) is 2. The number of hydrogen-bond donors (Lipinski definition) is 7. The minimum absolute atomic E-state index is 0.0837. The minimum atomic E-state index is -1.24. The van der Waals surface area contributed by atoms with Crippen LogP contribution in [0.3, 0.4) is 0 Å². The Kier molecular flexibility index (Phi) is 8.21. The molecule has 5 rings (SSSR count). The molecule has 0 aliphatic carbocycles. The maximum atomic E-state index is 11.9. The number of imidazole rings is 1. The highest BCUT2D eigenvalue weighted by Crippen LogP contribution is 2.31. The number of aliphatic hydroxyl groups is 6. The second kappa shape index (κ2) is 11.1. The van der Waals surface area contributed by atoms with Crippen molar-refractivity contribution in [3.8, 4) is 0 Å². The van der Waals surface area contributed by atoms with Gasteiger partial charge in [0.1, 0.15) is 36.6 Å². The van der Waals surface area contributed by atoms with E-state index in [2.05, 4.69) is 15.0 Å². The Labute approximate surface area is 218 Å². The van der Waals surface area contributed by atoms with Crippen molar-refractivity contribution in [1.29, 1.82) is 0 Å². The fourth-order valence-electron chi connectivity index (χ4n) is 4.18. The van der Waals surface area contributed by atoms with Crippen LogP contribution in [-0.4, -0.2) is 109 Å². The highest BCUT2D eigenvalue weighted by molar-refractivity contribution is 7.71. The van der Waals surface area contributed by atoms with Gasteiger partial charge in [-0.2, -0.15) is 0 Å². The van der Waals surface area contributed by atoms with Crippen LogP contribution in [-0.2, 0) is 16.5 Å². The SMILES string of the molecule is Cc1cn([C@@H]2O[C@H](CO)[C@@H](O)[C@H]2O)c(=S)[nH]c1=O.Cn1cnc2c(ncn2[C@@H]2O[C@H](CO)[C@@H](O)[C@H]2O)c1=O.